The standard InChI is InChI=1S/C59H64N4O/c1-37(2)41-30-50(38(3)4)57(51(31-41)39(5)6)40-17-15-18-44(29-40)62-36-61(53-26-23-42(32-55(53)62)58(7,8)9)45-19-16-20-46(34-45)64-47-24-25-49-48-21-13-14-22-52(48)63(54(49)35-47)56-33-43(27-28-60-56)59(10,11)12/h13-35,37-39H,36H2,1-12H3. The maximum atomic E-state index is 6.79. The van der Waals surface area contributed by atoms with E-state index in [0.29, 0.717) is 24.4 Å². The van der Waals surface area contributed by atoms with Gasteiger partial charge in [0.1, 0.15) is 24.0 Å². The molecule has 9 rings (SSSR count). The van der Waals surface area contributed by atoms with Crippen molar-refractivity contribution in [1.82, 2.24) is 9.55 Å². The maximum absolute atomic E-state index is 6.79. The molecule has 326 valence electrons. The zero-order valence-electron chi connectivity index (χ0n) is 39.9. The van der Waals surface area contributed by atoms with E-state index in [0.717, 1.165) is 34.0 Å². The Bertz CT molecular complexity index is 3000. The van der Waals surface area contributed by atoms with Crippen LogP contribution in [0.15, 0.2) is 140 Å². The van der Waals surface area contributed by atoms with Crippen molar-refractivity contribution in [3.63, 3.8) is 0 Å². The fraction of sp³-hybridized carbons (Fsp3) is 0.305. The lowest BCUT2D eigenvalue weighted by atomic mass is 9.81. The third-order valence-corrected chi connectivity index (χ3v) is 13.1. The van der Waals surface area contributed by atoms with Crippen LogP contribution in [0.3, 0.4) is 0 Å². The van der Waals surface area contributed by atoms with E-state index < -0.39 is 0 Å². The summed E-state index contributed by atoms with van der Waals surface area (Å²) in [5.74, 6) is 3.73. The van der Waals surface area contributed by atoms with Crippen LogP contribution in [-0.2, 0) is 10.8 Å². The van der Waals surface area contributed by atoms with Gasteiger partial charge in [-0.05, 0) is 134 Å². The van der Waals surface area contributed by atoms with Crippen molar-refractivity contribution in [2.45, 2.75) is 112 Å². The Morgan fingerprint density at radius 2 is 1.14 bits per heavy atom. The molecule has 64 heavy (non-hydrogen) atoms. The maximum Gasteiger partial charge on any atom is 0.137 e. The highest BCUT2D eigenvalue weighted by atomic mass is 16.5. The van der Waals surface area contributed by atoms with Gasteiger partial charge in [-0.3, -0.25) is 4.57 Å². The van der Waals surface area contributed by atoms with Crippen LogP contribution in [0, 0.1) is 0 Å². The molecule has 8 aromatic rings. The normalized spacial score (nSPS) is 13.3. The quantitative estimate of drug-likeness (QED) is 0.145. The first kappa shape index (κ1) is 42.9. The van der Waals surface area contributed by atoms with Crippen molar-refractivity contribution in [3.05, 3.63) is 167 Å². The van der Waals surface area contributed by atoms with Crippen LogP contribution < -0.4 is 14.5 Å². The lowest BCUT2D eigenvalue weighted by Gasteiger charge is -2.26. The molecule has 3 heterocycles. The van der Waals surface area contributed by atoms with E-state index in [2.05, 4.69) is 231 Å². The van der Waals surface area contributed by atoms with Crippen LogP contribution in [0.2, 0.25) is 0 Å². The molecule has 6 aromatic carbocycles. The summed E-state index contributed by atoms with van der Waals surface area (Å²) in [6.07, 6.45) is 1.93. The van der Waals surface area contributed by atoms with Gasteiger partial charge < -0.3 is 14.5 Å². The van der Waals surface area contributed by atoms with Crippen LogP contribution in [-0.4, -0.2) is 16.2 Å². The molecule has 0 N–H and O–H groups in total. The summed E-state index contributed by atoms with van der Waals surface area (Å²) in [6.45, 7) is 28.2. The van der Waals surface area contributed by atoms with Gasteiger partial charge in [-0.15, -0.1) is 0 Å². The van der Waals surface area contributed by atoms with Gasteiger partial charge in [-0.1, -0.05) is 138 Å². The molecule has 0 saturated carbocycles. The van der Waals surface area contributed by atoms with Crippen molar-refractivity contribution in [3.8, 4) is 28.4 Å². The highest BCUT2D eigenvalue weighted by molar-refractivity contribution is 6.09. The summed E-state index contributed by atoms with van der Waals surface area (Å²) in [5.41, 5.74) is 16.3. The predicted octanol–water partition coefficient (Wildman–Crippen LogP) is 16.9. The first-order chi connectivity index (χ1) is 30.5. The summed E-state index contributed by atoms with van der Waals surface area (Å²) < 4.78 is 9.06. The van der Waals surface area contributed by atoms with Gasteiger partial charge in [0.15, 0.2) is 0 Å². The minimum Gasteiger partial charge on any atom is -0.457 e. The van der Waals surface area contributed by atoms with Crippen molar-refractivity contribution in [2.24, 2.45) is 0 Å². The van der Waals surface area contributed by atoms with Crippen molar-refractivity contribution in [1.29, 1.82) is 0 Å². The van der Waals surface area contributed by atoms with Crippen LogP contribution in [0.4, 0.5) is 22.7 Å². The number of rotatable bonds is 9. The number of hydrogen-bond donors (Lipinski definition) is 0. The minimum atomic E-state index is -0.00331. The molecule has 1 aliphatic rings. The number of nitrogens with zero attached hydrogens (tertiary/aromatic N) is 4. The van der Waals surface area contributed by atoms with E-state index >= 15 is 0 Å². The van der Waals surface area contributed by atoms with Gasteiger partial charge in [0, 0.05) is 40.5 Å². The van der Waals surface area contributed by atoms with Gasteiger partial charge in [0.05, 0.1) is 22.4 Å². The van der Waals surface area contributed by atoms with Gasteiger partial charge in [0.25, 0.3) is 0 Å². The Kier molecular flexibility index (Phi) is 11.0. The molecule has 5 heteroatoms. The number of benzene rings is 6. The second-order valence-corrected chi connectivity index (χ2v) is 20.8. The molecule has 2 aromatic heterocycles. The average Bonchev–Trinajstić information content (AvgIpc) is 3.81. The minimum absolute atomic E-state index is 0.00151. The molecule has 0 atom stereocenters. The van der Waals surface area contributed by atoms with E-state index in [1.54, 1.807) is 0 Å². The smallest absolute Gasteiger partial charge is 0.137 e. The number of ether oxygens (including phenoxy) is 1. The van der Waals surface area contributed by atoms with E-state index in [1.165, 1.54) is 66.8 Å². The number of hydrogen-bond acceptors (Lipinski definition) is 4. The van der Waals surface area contributed by atoms with E-state index in [-0.39, 0.29) is 10.8 Å². The van der Waals surface area contributed by atoms with E-state index in [4.69, 9.17) is 9.72 Å². The number of fused-ring (bicyclic) bond motifs is 4. The molecule has 0 aliphatic carbocycles. The van der Waals surface area contributed by atoms with E-state index in [9.17, 15) is 0 Å². The SMILES string of the molecule is CC(C)c1cc(C(C)C)c(-c2cccc(N3CN(c4cccc(Oc5ccc6c7ccccc7n(-c7cc(C(C)(C)C)ccn7)c6c5)c4)c4ccc(C(C)(C)C)cc43)c2)c(C(C)C)c1. The Labute approximate surface area is 381 Å². The Morgan fingerprint density at radius 1 is 0.516 bits per heavy atom. The highest BCUT2D eigenvalue weighted by Gasteiger charge is 2.31. The molecule has 0 amide bonds. The zero-order valence-corrected chi connectivity index (χ0v) is 39.9. The summed E-state index contributed by atoms with van der Waals surface area (Å²) >= 11 is 0. The third kappa shape index (κ3) is 7.95. The second-order valence-electron chi connectivity index (χ2n) is 20.8. The largest absolute Gasteiger partial charge is 0.457 e. The molecular weight excluding hydrogens is 781 g/mol. The van der Waals surface area contributed by atoms with Gasteiger partial charge in [-0.2, -0.15) is 0 Å². The summed E-state index contributed by atoms with van der Waals surface area (Å²) in [7, 11) is 0. The summed E-state index contributed by atoms with van der Waals surface area (Å²) in [4.78, 5) is 9.81. The molecule has 0 spiro atoms. The molecule has 0 fully saturated rings. The number of para-hydroxylation sites is 1. The highest BCUT2D eigenvalue weighted by Crippen LogP contribution is 2.48. The summed E-state index contributed by atoms with van der Waals surface area (Å²) in [6, 6.07) is 49.1. The fourth-order valence-corrected chi connectivity index (χ4v) is 9.41. The molecule has 0 unspecified atom stereocenters. The number of pyridine rings is 1. The average molecular weight is 845 g/mol. The Morgan fingerprint density at radius 3 is 1.83 bits per heavy atom. The number of anilines is 4. The van der Waals surface area contributed by atoms with Crippen molar-refractivity contribution in [2.75, 3.05) is 16.5 Å². The Hall–Kier alpha value is -6.33. The van der Waals surface area contributed by atoms with Gasteiger partial charge >= 0.3 is 0 Å². The van der Waals surface area contributed by atoms with Crippen LogP contribution in [0.5, 0.6) is 11.5 Å². The molecule has 5 nitrogen and oxygen atoms in total. The lowest BCUT2D eigenvalue weighted by molar-refractivity contribution is 0.483. The van der Waals surface area contributed by atoms with Crippen LogP contribution in [0.1, 0.15) is 129 Å². The monoisotopic (exact) mass is 845 g/mol. The second kappa shape index (κ2) is 16.3. The van der Waals surface area contributed by atoms with Crippen molar-refractivity contribution >= 4 is 44.6 Å². The first-order valence-corrected chi connectivity index (χ1v) is 23.2. The van der Waals surface area contributed by atoms with Gasteiger partial charge in [0.2, 0.25) is 0 Å². The van der Waals surface area contributed by atoms with Crippen LogP contribution in [0.25, 0.3) is 38.8 Å². The summed E-state index contributed by atoms with van der Waals surface area (Å²) in [5, 5.41) is 2.36. The molecule has 1 aliphatic heterocycles. The molecule has 0 radical (unpaired) electrons. The molecular formula is C59H64N4O. The Balaban J connectivity index is 1.09. The zero-order chi connectivity index (χ0) is 45.2. The molecule has 0 saturated heterocycles. The lowest BCUT2D eigenvalue weighted by Crippen LogP contribution is -2.24. The number of aromatic nitrogens is 2. The topological polar surface area (TPSA) is 33.5 Å². The van der Waals surface area contributed by atoms with Crippen LogP contribution >= 0.6 is 0 Å². The fourth-order valence-electron chi connectivity index (χ4n) is 9.41. The van der Waals surface area contributed by atoms with Gasteiger partial charge in [-0.25, -0.2) is 4.98 Å². The first-order valence-electron chi connectivity index (χ1n) is 23.2. The third-order valence-electron chi connectivity index (χ3n) is 13.1. The molecule has 0 bridgehead atoms. The predicted molar refractivity (Wildman–Crippen MR) is 272 cm³/mol. The van der Waals surface area contributed by atoms with E-state index in [1.807, 2.05) is 6.20 Å². The van der Waals surface area contributed by atoms with Crippen molar-refractivity contribution < 1.29 is 4.74 Å².